The third-order valence-electron chi connectivity index (χ3n) is 4.15. The molecule has 0 aromatic rings. The molecule has 2 heteroatoms. The van der Waals surface area contributed by atoms with E-state index in [2.05, 4.69) is 20.8 Å². The molecule has 0 amide bonds. The van der Waals surface area contributed by atoms with E-state index < -0.39 is 0 Å². The van der Waals surface area contributed by atoms with Crippen LogP contribution in [0.4, 0.5) is 0 Å². The van der Waals surface area contributed by atoms with Gasteiger partial charge in [0.15, 0.2) is 6.29 Å². The van der Waals surface area contributed by atoms with Gasteiger partial charge in [-0.1, -0.05) is 85.0 Å². The van der Waals surface area contributed by atoms with Crippen LogP contribution in [0.2, 0.25) is 0 Å². The summed E-state index contributed by atoms with van der Waals surface area (Å²) in [6, 6.07) is 0. The summed E-state index contributed by atoms with van der Waals surface area (Å²) < 4.78 is 11.8. The molecule has 0 N–H and O–H groups in total. The van der Waals surface area contributed by atoms with Crippen molar-refractivity contribution in [1.82, 2.24) is 0 Å². The summed E-state index contributed by atoms with van der Waals surface area (Å²) in [7, 11) is 0. The van der Waals surface area contributed by atoms with Gasteiger partial charge in [0, 0.05) is 13.2 Å². The van der Waals surface area contributed by atoms with Crippen LogP contribution in [0.15, 0.2) is 0 Å². The third-order valence-corrected chi connectivity index (χ3v) is 4.15. The summed E-state index contributed by atoms with van der Waals surface area (Å²) in [5, 5.41) is 0. The minimum absolute atomic E-state index is 0.0441. The van der Waals surface area contributed by atoms with Crippen LogP contribution in [0.25, 0.3) is 0 Å². The lowest BCUT2D eigenvalue weighted by Gasteiger charge is -2.18. The molecule has 0 rings (SSSR count). The van der Waals surface area contributed by atoms with E-state index in [9.17, 15) is 0 Å². The molecule has 0 aliphatic rings. The summed E-state index contributed by atoms with van der Waals surface area (Å²) in [5.41, 5.74) is 0. The van der Waals surface area contributed by atoms with Crippen molar-refractivity contribution in [2.45, 2.75) is 117 Å². The summed E-state index contributed by atoms with van der Waals surface area (Å²) in [5.74, 6) is 0. The van der Waals surface area contributed by atoms with Gasteiger partial charge in [0.2, 0.25) is 0 Å². The third kappa shape index (κ3) is 16.3. The fourth-order valence-corrected chi connectivity index (χ4v) is 2.55. The lowest BCUT2D eigenvalue weighted by atomic mass is 10.1. The Labute approximate surface area is 140 Å². The minimum Gasteiger partial charge on any atom is -0.353 e. The molecule has 0 radical (unpaired) electrons. The average Bonchev–Trinajstić information content (AvgIpc) is 2.53. The van der Waals surface area contributed by atoms with E-state index >= 15 is 0 Å². The molecular weight excluding hydrogens is 272 g/mol. The van der Waals surface area contributed by atoms with Crippen molar-refractivity contribution in [1.29, 1.82) is 0 Å². The zero-order valence-electron chi connectivity index (χ0n) is 15.7. The van der Waals surface area contributed by atoms with E-state index in [0.29, 0.717) is 0 Å². The molecule has 22 heavy (non-hydrogen) atoms. The van der Waals surface area contributed by atoms with Crippen LogP contribution < -0.4 is 0 Å². The monoisotopic (exact) mass is 314 g/mol. The zero-order valence-corrected chi connectivity index (χ0v) is 15.7. The Morgan fingerprint density at radius 2 is 0.909 bits per heavy atom. The summed E-state index contributed by atoms with van der Waals surface area (Å²) in [4.78, 5) is 0. The van der Waals surface area contributed by atoms with Crippen molar-refractivity contribution in [3.05, 3.63) is 0 Å². The second-order valence-electron chi connectivity index (χ2n) is 6.50. The van der Waals surface area contributed by atoms with Crippen LogP contribution in [-0.4, -0.2) is 19.5 Å². The van der Waals surface area contributed by atoms with Crippen molar-refractivity contribution in [2.24, 2.45) is 0 Å². The van der Waals surface area contributed by atoms with Gasteiger partial charge in [-0.2, -0.15) is 0 Å². The van der Waals surface area contributed by atoms with E-state index in [4.69, 9.17) is 9.47 Å². The van der Waals surface area contributed by atoms with Crippen molar-refractivity contribution in [2.75, 3.05) is 13.2 Å². The molecule has 0 atom stereocenters. The predicted molar refractivity (Wildman–Crippen MR) is 97.4 cm³/mol. The largest absolute Gasteiger partial charge is 0.353 e. The van der Waals surface area contributed by atoms with Crippen LogP contribution in [0.5, 0.6) is 0 Å². The number of hydrogen-bond acceptors (Lipinski definition) is 2. The molecule has 2 nitrogen and oxygen atoms in total. The molecule has 0 aromatic carbocycles. The lowest BCUT2D eigenvalue weighted by Crippen LogP contribution is -2.18. The van der Waals surface area contributed by atoms with Crippen molar-refractivity contribution in [3.8, 4) is 0 Å². The molecule has 0 saturated heterocycles. The van der Waals surface area contributed by atoms with Crippen LogP contribution in [-0.2, 0) is 9.47 Å². The van der Waals surface area contributed by atoms with E-state index in [1.54, 1.807) is 0 Å². The van der Waals surface area contributed by atoms with Gasteiger partial charge < -0.3 is 9.47 Å². The normalized spacial score (nSPS) is 11.5. The highest BCUT2D eigenvalue weighted by molar-refractivity contribution is 4.51. The summed E-state index contributed by atoms with van der Waals surface area (Å²) in [6.07, 6.45) is 18.2. The number of unbranched alkanes of at least 4 members (excludes halogenated alkanes) is 10. The Hall–Kier alpha value is -0.0800. The maximum atomic E-state index is 5.88. The van der Waals surface area contributed by atoms with Gasteiger partial charge in [-0.15, -0.1) is 0 Å². The van der Waals surface area contributed by atoms with Gasteiger partial charge in [-0.05, 0) is 25.7 Å². The number of rotatable bonds is 18. The fourth-order valence-electron chi connectivity index (χ4n) is 2.55. The topological polar surface area (TPSA) is 18.5 Å². The highest BCUT2D eigenvalue weighted by atomic mass is 16.7. The molecule has 0 aliphatic heterocycles. The SMILES string of the molecule is CCCCCCCCCCCC(OCCCC)OCCCC. The Bertz CT molecular complexity index is 184. The highest BCUT2D eigenvalue weighted by Crippen LogP contribution is 2.13. The van der Waals surface area contributed by atoms with Gasteiger partial charge in [-0.25, -0.2) is 0 Å². The molecule has 0 aliphatic carbocycles. The first-order chi connectivity index (χ1) is 10.8. The summed E-state index contributed by atoms with van der Waals surface area (Å²) in [6.45, 7) is 8.39. The Kier molecular flexibility index (Phi) is 18.9. The van der Waals surface area contributed by atoms with Crippen LogP contribution in [0.1, 0.15) is 111 Å². The predicted octanol–water partition coefficient (Wildman–Crippen LogP) is 6.87. The molecule has 0 heterocycles. The van der Waals surface area contributed by atoms with E-state index in [1.165, 1.54) is 70.6 Å². The maximum absolute atomic E-state index is 5.88. The smallest absolute Gasteiger partial charge is 0.157 e. The Morgan fingerprint density at radius 1 is 0.500 bits per heavy atom. The highest BCUT2D eigenvalue weighted by Gasteiger charge is 2.08. The average molecular weight is 315 g/mol. The first-order valence-corrected chi connectivity index (χ1v) is 10.1. The van der Waals surface area contributed by atoms with Crippen LogP contribution in [0, 0.1) is 0 Å². The van der Waals surface area contributed by atoms with Crippen molar-refractivity contribution in [3.63, 3.8) is 0 Å². The van der Waals surface area contributed by atoms with Gasteiger partial charge in [0.05, 0.1) is 0 Å². The molecule has 0 unspecified atom stereocenters. The molecule has 0 spiro atoms. The zero-order chi connectivity index (χ0) is 16.3. The first kappa shape index (κ1) is 21.9. The van der Waals surface area contributed by atoms with Gasteiger partial charge in [-0.3, -0.25) is 0 Å². The first-order valence-electron chi connectivity index (χ1n) is 10.1. The molecule has 134 valence electrons. The Morgan fingerprint density at radius 3 is 1.36 bits per heavy atom. The standard InChI is InChI=1S/C20H42O2/c1-4-7-10-11-12-13-14-15-16-17-20(21-18-8-5-2)22-19-9-6-3/h20H,4-19H2,1-3H3. The number of hydrogen-bond donors (Lipinski definition) is 0. The van der Waals surface area contributed by atoms with Crippen molar-refractivity contribution < 1.29 is 9.47 Å². The molecule has 0 saturated carbocycles. The van der Waals surface area contributed by atoms with Gasteiger partial charge >= 0.3 is 0 Å². The van der Waals surface area contributed by atoms with E-state index in [1.807, 2.05) is 0 Å². The quantitative estimate of drug-likeness (QED) is 0.203. The van der Waals surface area contributed by atoms with Crippen LogP contribution in [0.3, 0.4) is 0 Å². The lowest BCUT2D eigenvalue weighted by molar-refractivity contribution is -0.147. The fraction of sp³-hybridized carbons (Fsp3) is 1.00. The molecule has 0 aromatic heterocycles. The second-order valence-corrected chi connectivity index (χ2v) is 6.50. The van der Waals surface area contributed by atoms with Crippen molar-refractivity contribution >= 4 is 0 Å². The van der Waals surface area contributed by atoms with Gasteiger partial charge in [0.1, 0.15) is 0 Å². The summed E-state index contributed by atoms with van der Waals surface area (Å²) >= 11 is 0. The number of ether oxygens (including phenoxy) is 2. The molecule has 0 fully saturated rings. The van der Waals surface area contributed by atoms with Gasteiger partial charge in [0.25, 0.3) is 0 Å². The Balaban J connectivity index is 3.51. The minimum atomic E-state index is 0.0441. The molecule has 0 bridgehead atoms. The maximum Gasteiger partial charge on any atom is 0.157 e. The van der Waals surface area contributed by atoms with E-state index in [0.717, 1.165) is 32.5 Å². The molecular formula is C20H42O2. The van der Waals surface area contributed by atoms with Crippen LogP contribution >= 0.6 is 0 Å². The van der Waals surface area contributed by atoms with E-state index in [-0.39, 0.29) is 6.29 Å². The second kappa shape index (κ2) is 19.0.